The van der Waals surface area contributed by atoms with Crippen LogP contribution in [0.3, 0.4) is 0 Å². The van der Waals surface area contributed by atoms with Crippen molar-refractivity contribution in [2.24, 2.45) is 0 Å². The molecule has 17 heavy (non-hydrogen) atoms. The Balaban J connectivity index is 3.39. The van der Waals surface area contributed by atoms with Crippen LogP contribution in [-0.4, -0.2) is 50.7 Å². The third-order valence-electron chi connectivity index (χ3n) is 2.67. The minimum absolute atomic E-state index is 0.0844. The van der Waals surface area contributed by atoms with Crippen molar-refractivity contribution in [2.75, 3.05) is 33.7 Å². The van der Waals surface area contributed by atoms with Gasteiger partial charge in [-0.3, -0.25) is 4.79 Å². The van der Waals surface area contributed by atoms with Crippen LogP contribution in [0.25, 0.3) is 0 Å². The summed E-state index contributed by atoms with van der Waals surface area (Å²) in [6.45, 7) is 6.83. The van der Waals surface area contributed by atoms with Crippen LogP contribution in [0.4, 0.5) is 0 Å². The Labute approximate surface area is 106 Å². The predicted octanol–water partition coefficient (Wildman–Crippen LogP) is 1.65. The number of carbonyl (C=O) groups is 1. The molecular formula is C13H28N2O2. The fraction of sp³-hybridized carbons (Fsp3) is 0.923. The molecule has 0 aromatic heterocycles. The van der Waals surface area contributed by atoms with Crippen molar-refractivity contribution in [1.29, 1.82) is 0 Å². The maximum atomic E-state index is 11.4. The SMILES string of the molecule is CCC(CC)OC(=O)CCNCCCN(C)C. The molecule has 0 amide bonds. The van der Waals surface area contributed by atoms with Gasteiger partial charge in [0, 0.05) is 6.54 Å². The van der Waals surface area contributed by atoms with Gasteiger partial charge in [-0.15, -0.1) is 0 Å². The van der Waals surface area contributed by atoms with Crippen LogP contribution in [0.5, 0.6) is 0 Å². The van der Waals surface area contributed by atoms with Crippen molar-refractivity contribution in [2.45, 2.75) is 45.6 Å². The van der Waals surface area contributed by atoms with Crippen LogP contribution in [-0.2, 0) is 9.53 Å². The Morgan fingerprint density at radius 3 is 2.41 bits per heavy atom. The number of hydrogen-bond acceptors (Lipinski definition) is 4. The van der Waals surface area contributed by atoms with E-state index in [2.05, 4.69) is 24.3 Å². The smallest absolute Gasteiger partial charge is 0.307 e. The number of hydrogen-bond donors (Lipinski definition) is 1. The molecule has 0 radical (unpaired) electrons. The van der Waals surface area contributed by atoms with E-state index in [1.807, 2.05) is 13.8 Å². The lowest BCUT2D eigenvalue weighted by molar-refractivity contribution is -0.149. The molecule has 0 rings (SSSR count). The van der Waals surface area contributed by atoms with E-state index in [4.69, 9.17) is 4.74 Å². The lowest BCUT2D eigenvalue weighted by Gasteiger charge is -2.14. The Kier molecular flexibility index (Phi) is 10.2. The molecule has 0 heterocycles. The van der Waals surface area contributed by atoms with Gasteiger partial charge in [0.2, 0.25) is 0 Å². The van der Waals surface area contributed by atoms with E-state index in [0.717, 1.165) is 32.4 Å². The molecule has 0 saturated carbocycles. The molecule has 0 saturated heterocycles. The Morgan fingerprint density at radius 2 is 1.88 bits per heavy atom. The van der Waals surface area contributed by atoms with Crippen LogP contribution >= 0.6 is 0 Å². The van der Waals surface area contributed by atoms with Gasteiger partial charge in [0.25, 0.3) is 0 Å². The zero-order chi connectivity index (χ0) is 13.1. The van der Waals surface area contributed by atoms with Gasteiger partial charge >= 0.3 is 5.97 Å². The van der Waals surface area contributed by atoms with Crippen molar-refractivity contribution < 1.29 is 9.53 Å². The molecule has 4 nitrogen and oxygen atoms in total. The number of esters is 1. The van der Waals surface area contributed by atoms with Crippen LogP contribution in [0.2, 0.25) is 0 Å². The predicted molar refractivity (Wildman–Crippen MR) is 71.1 cm³/mol. The van der Waals surface area contributed by atoms with Crippen molar-refractivity contribution in [3.8, 4) is 0 Å². The van der Waals surface area contributed by atoms with Crippen molar-refractivity contribution in [3.05, 3.63) is 0 Å². The minimum Gasteiger partial charge on any atom is -0.462 e. The van der Waals surface area contributed by atoms with Gasteiger partial charge in [-0.05, 0) is 46.4 Å². The second-order valence-corrected chi connectivity index (χ2v) is 4.59. The highest BCUT2D eigenvalue weighted by Crippen LogP contribution is 2.03. The molecule has 0 atom stereocenters. The normalized spacial score (nSPS) is 11.2. The zero-order valence-electron chi connectivity index (χ0n) is 11.8. The maximum absolute atomic E-state index is 11.4. The second-order valence-electron chi connectivity index (χ2n) is 4.59. The largest absolute Gasteiger partial charge is 0.462 e. The number of rotatable bonds is 10. The van der Waals surface area contributed by atoms with Crippen LogP contribution in [0, 0.1) is 0 Å². The number of ether oxygens (including phenoxy) is 1. The van der Waals surface area contributed by atoms with E-state index in [-0.39, 0.29) is 12.1 Å². The third kappa shape index (κ3) is 10.3. The summed E-state index contributed by atoms with van der Waals surface area (Å²) in [6.07, 6.45) is 3.47. The summed E-state index contributed by atoms with van der Waals surface area (Å²) in [5.41, 5.74) is 0. The quantitative estimate of drug-likeness (QED) is 0.469. The van der Waals surface area contributed by atoms with E-state index in [9.17, 15) is 4.79 Å². The molecule has 0 fully saturated rings. The summed E-state index contributed by atoms with van der Waals surface area (Å²) in [4.78, 5) is 13.6. The number of carbonyl (C=O) groups excluding carboxylic acids is 1. The van der Waals surface area contributed by atoms with Crippen LogP contribution < -0.4 is 5.32 Å². The molecule has 0 spiro atoms. The van der Waals surface area contributed by atoms with Crippen LogP contribution in [0.15, 0.2) is 0 Å². The van der Waals surface area contributed by atoms with Gasteiger partial charge in [0.05, 0.1) is 6.42 Å². The molecule has 1 N–H and O–H groups in total. The summed E-state index contributed by atoms with van der Waals surface area (Å²) in [7, 11) is 4.13. The van der Waals surface area contributed by atoms with Gasteiger partial charge in [0.1, 0.15) is 6.10 Å². The van der Waals surface area contributed by atoms with Crippen molar-refractivity contribution in [3.63, 3.8) is 0 Å². The molecule has 0 aliphatic heterocycles. The molecular weight excluding hydrogens is 216 g/mol. The molecule has 102 valence electrons. The summed E-state index contributed by atoms with van der Waals surface area (Å²) in [5.74, 6) is -0.0844. The fourth-order valence-corrected chi connectivity index (χ4v) is 1.54. The average molecular weight is 244 g/mol. The molecule has 0 aromatic carbocycles. The summed E-state index contributed by atoms with van der Waals surface area (Å²) in [6, 6.07) is 0. The van der Waals surface area contributed by atoms with Gasteiger partial charge in [0.15, 0.2) is 0 Å². The van der Waals surface area contributed by atoms with Gasteiger partial charge in [-0.2, -0.15) is 0 Å². The molecule has 0 aromatic rings. The van der Waals surface area contributed by atoms with E-state index in [0.29, 0.717) is 13.0 Å². The summed E-state index contributed by atoms with van der Waals surface area (Å²) in [5, 5.41) is 3.25. The topological polar surface area (TPSA) is 41.6 Å². The average Bonchev–Trinajstić information content (AvgIpc) is 2.30. The molecule has 4 heteroatoms. The first-order valence-electron chi connectivity index (χ1n) is 6.65. The Hall–Kier alpha value is -0.610. The first kappa shape index (κ1) is 16.4. The number of nitrogens with one attached hydrogen (secondary N) is 1. The number of nitrogens with zero attached hydrogens (tertiary/aromatic N) is 1. The lowest BCUT2D eigenvalue weighted by Crippen LogP contribution is -2.25. The van der Waals surface area contributed by atoms with Crippen molar-refractivity contribution >= 4 is 5.97 Å². The van der Waals surface area contributed by atoms with Gasteiger partial charge < -0.3 is 15.0 Å². The van der Waals surface area contributed by atoms with E-state index in [1.54, 1.807) is 0 Å². The fourth-order valence-electron chi connectivity index (χ4n) is 1.54. The Morgan fingerprint density at radius 1 is 1.24 bits per heavy atom. The first-order valence-corrected chi connectivity index (χ1v) is 6.65. The van der Waals surface area contributed by atoms with E-state index >= 15 is 0 Å². The maximum Gasteiger partial charge on any atom is 0.307 e. The van der Waals surface area contributed by atoms with E-state index < -0.39 is 0 Å². The third-order valence-corrected chi connectivity index (χ3v) is 2.67. The first-order chi connectivity index (χ1) is 8.10. The minimum atomic E-state index is -0.0844. The second kappa shape index (κ2) is 10.5. The standard InChI is InChI=1S/C13H28N2O2/c1-5-12(6-2)17-13(16)8-10-14-9-7-11-15(3)4/h12,14H,5-11H2,1-4H3. The summed E-state index contributed by atoms with van der Waals surface area (Å²) < 4.78 is 5.31. The van der Waals surface area contributed by atoms with E-state index in [1.165, 1.54) is 0 Å². The molecule has 0 aliphatic rings. The molecule has 0 aliphatic carbocycles. The van der Waals surface area contributed by atoms with Crippen molar-refractivity contribution in [1.82, 2.24) is 10.2 Å². The van der Waals surface area contributed by atoms with Gasteiger partial charge in [-0.1, -0.05) is 13.8 Å². The summed E-state index contributed by atoms with van der Waals surface area (Å²) >= 11 is 0. The van der Waals surface area contributed by atoms with Crippen LogP contribution in [0.1, 0.15) is 39.5 Å². The monoisotopic (exact) mass is 244 g/mol. The highest BCUT2D eigenvalue weighted by molar-refractivity contribution is 5.69. The Bertz CT molecular complexity index is 192. The molecule has 0 unspecified atom stereocenters. The highest BCUT2D eigenvalue weighted by Gasteiger charge is 2.09. The lowest BCUT2D eigenvalue weighted by atomic mass is 10.2. The van der Waals surface area contributed by atoms with Gasteiger partial charge in [-0.25, -0.2) is 0 Å². The molecule has 0 bridgehead atoms. The zero-order valence-corrected chi connectivity index (χ0v) is 11.8. The highest BCUT2D eigenvalue weighted by atomic mass is 16.5.